The molecule has 1 aromatic heterocycles. The van der Waals surface area contributed by atoms with Crippen molar-refractivity contribution in [3.05, 3.63) is 57.1 Å². The van der Waals surface area contributed by atoms with Crippen LogP contribution >= 0.6 is 0 Å². The van der Waals surface area contributed by atoms with Crippen molar-refractivity contribution < 1.29 is 18.7 Å². The third kappa shape index (κ3) is 2.60. The van der Waals surface area contributed by atoms with Gasteiger partial charge in [-0.05, 0) is 29.2 Å². The van der Waals surface area contributed by atoms with Crippen LogP contribution < -0.4 is 15.1 Å². The van der Waals surface area contributed by atoms with E-state index < -0.39 is 0 Å². The van der Waals surface area contributed by atoms with Gasteiger partial charge in [0.1, 0.15) is 5.76 Å². The van der Waals surface area contributed by atoms with Crippen LogP contribution in [0.25, 0.3) is 0 Å². The van der Waals surface area contributed by atoms with Crippen molar-refractivity contribution in [1.29, 1.82) is 0 Å². The van der Waals surface area contributed by atoms with E-state index in [2.05, 4.69) is 0 Å². The lowest BCUT2D eigenvalue weighted by atomic mass is 9.76. The number of hydrogen-bond donors (Lipinski definition) is 0. The smallest absolute Gasteiger partial charge is 0.339 e. The second-order valence-corrected chi connectivity index (χ2v) is 7.20. The van der Waals surface area contributed by atoms with Gasteiger partial charge in [-0.1, -0.05) is 19.9 Å². The van der Waals surface area contributed by atoms with Crippen LogP contribution in [0.15, 0.2) is 33.5 Å². The molecule has 5 nitrogen and oxygen atoms in total. The zero-order valence-corrected chi connectivity index (χ0v) is 13.7. The molecule has 0 radical (unpaired) electrons. The Labute approximate surface area is 139 Å². The zero-order valence-electron chi connectivity index (χ0n) is 13.7. The lowest BCUT2D eigenvalue weighted by Gasteiger charge is -2.28. The molecule has 1 aliphatic heterocycles. The highest BCUT2D eigenvalue weighted by Crippen LogP contribution is 2.35. The van der Waals surface area contributed by atoms with Crippen molar-refractivity contribution in [1.82, 2.24) is 0 Å². The predicted octanol–water partition coefficient (Wildman–Crippen LogP) is 3.11. The van der Waals surface area contributed by atoms with Crippen LogP contribution in [0.3, 0.4) is 0 Å². The van der Waals surface area contributed by atoms with E-state index >= 15 is 0 Å². The Morgan fingerprint density at radius 1 is 1.04 bits per heavy atom. The second-order valence-electron chi connectivity index (χ2n) is 7.20. The Bertz CT molecular complexity index is 891. The highest BCUT2D eigenvalue weighted by atomic mass is 16.7. The fourth-order valence-electron chi connectivity index (χ4n) is 3.33. The first kappa shape index (κ1) is 15.0. The van der Waals surface area contributed by atoms with Gasteiger partial charge in [-0.15, -0.1) is 0 Å². The van der Waals surface area contributed by atoms with Crippen molar-refractivity contribution in [3.63, 3.8) is 0 Å². The summed E-state index contributed by atoms with van der Waals surface area (Å²) in [7, 11) is 0. The summed E-state index contributed by atoms with van der Waals surface area (Å²) in [5.74, 6) is 1.92. The molecule has 0 atom stereocenters. The Balaban J connectivity index is 1.69. The highest BCUT2D eigenvalue weighted by Gasteiger charge is 2.33. The SMILES string of the molecule is CC1(C)CC(=O)c2cc(Cc3ccc4c(c3)OCO4)c(=O)oc2C1. The minimum atomic E-state index is -0.378. The number of ether oxygens (including phenoxy) is 2. The molecule has 2 aromatic rings. The summed E-state index contributed by atoms with van der Waals surface area (Å²) in [6, 6.07) is 7.26. The Morgan fingerprint density at radius 2 is 1.83 bits per heavy atom. The minimum absolute atomic E-state index is 0.0388. The molecule has 0 saturated heterocycles. The average molecular weight is 326 g/mol. The first-order valence-electron chi connectivity index (χ1n) is 7.99. The highest BCUT2D eigenvalue weighted by molar-refractivity contribution is 5.98. The largest absolute Gasteiger partial charge is 0.454 e. The molecule has 1 aromatic carbocycles. The number of Topliss-reactive ketones (excluding diaryl/α,β-unsaturated/α-hetero) is 1. The van der Waals surface area contributed by atoms with Crippen molar-refractivity contribution in [3.8, 4) is 11.5 Å². The normalized spacial score (nSPS) is 17.7. The summed E-state index contributed by atoms with van der Waals surface area (Å²) < 4.78 is 16.1. The van der Waals surface area contributed by atoms with E-state index in [4.69, 9.17) is 13.9 Å². The van der Waals surface area contributed by atoms with E-state index in [1.54, 1.807) is 6.07 Å². The fourth-order valence-corrected chi connectivity index (χ4v) is 3.33. The number of carbonyl (C=O) groups excluding carboxylic acids is 1. The van der Waals surface area contributed by atoms with Crippen molar-refractivity contribution in [2.75, 3.05) is 6.79 Å². The molecule has 0 unspecified atom stereocenters. The maximum Gasteiger partial charge on any atom is 0.339 e. The summed E-state index contributed by atoms with van der Waals surface area (Å²) in [5.41, 5.74) is 1.40. The topological polar surface area (TPSA) is 65.7 Å². The summed E-state index contributed by atoms with van der Waals surface area (Å²) in [5, 5.41) is 0. The molecule has 0 saturated carbocycles. The van der Waals surface area contributed by atoms with Crippen LogP contribution in [-0.2, 0) is 12.8 Å². The first-order chi connectivity index (χ1) is 11.4. The molecule has 4 rings (SSSR count). The molecule has 1 aliphatic carbocycles. The Kier molecular flexibility index (Phi) is 3.27. The number of carbonyl (C=O) groups is 1. The molecule has 124 valence electrons. The van der Waals surface area contributed by atoms with E-state index in [9.17, 15) is 9.59 Å². The molecule has 0 N–H and O–H groups in total. The van der Waals surface area contributed by atoms with E-state index in [0.717, 1.165) is 5.56 Å². The predicted molar refractivity (Wildman–Crippen MR) is 86.8 cm³/mol. The van der Waals surface area contributed by atoms with E-state index in [0.29, 0.717) is 47.6 Å². The number of fused-ring (bicyclic) bond motifs is 2. The number of benzene rings is 1. The third-order valence-corrected chi connectivity index (χ3v) is 4.51. The molecular formula is C19H18O5. The van der Waals surface area contributed by atoms with Gasteiger partial charge in [0.2, 0.25) is 6.79 Å². The van der Waals surface area contributed by atoms with Crippen LogP contribution in [0.5, 0.6) is 11.5 Å². The standard InChI is InChI=1S/C19H18O5/c1-19(2)8-14(20)13-7-12(18(21)24-17(13)9-19)5-11-3-4-15-16(6-11)23-10-22-15/h3-4,6-7H,5,8-10H2,1-2H3. The van der Waals surface area contributed by atoms with Crippen molar-refractivity contribution in [2.24, 2.45) is 5.41 Å². The summed E-state index contributed by atoms with van der Waals surface area (Å²) in [4.78, 5) is 24.7. The van der Waals surface area contributed by atoms with Crippen molar-refractivity contribution in [2.45, 2.75) is 33.1 Å². The number of rotatable bonds is 2. The van der Waals surface area contributed by atoms with Gasteiger partial charge in [-0.3, -0.25) is 4.79 Å². The monoisotopic (exact) mass is 326 g/mol. The molecular weight excluding hydrogens is 308 g/mol. The molecule has 5 heteroatoms. The van der Waals surface area contributed by atoms with Gasteiger partial charge >= 0.3 is 5.63 Å². The first-order valence-corrected chi connectivity index (χ1v) is 7.99. The fraction of sp³-hybridized carbons (Fsp3) is 0.368. The van der Waals surface area contributed by atoms with Crippen LogP contribution in [0.2, 0.25) is 0 Å². The van der Waals surface area contributed by atoms with Gasteiger partial charge in [0.05, 0.1) is 5.56 Å². The zero-order chi connectivity index (χ0) is 16.9. The van der Waals surface area contributed by atoms with Crippen LogP contribution in [0, 0.1) is 5.41 Å². The van der Waals surface area contributed by atoms with Crippen LogP contribution in [0.1, 0.15) is 47.5 Å². The van der Waals surface area contributed by atoms with Crippen LogP contribution in [0.4, 0.5) is 0 Å². The summed E-state index contributed by atoms with van der Waals surface area (Å²) >= 11 is 0. The summed E-state index contributed by atoms with van der Waals surface area (Å²) in [6.07, 6.45) is 1.47. The average Bonchev–Trinajstić information content (AvgIpc) is 2.95. The lowest BCUT2D eigenvalue weighted by Crippen LogP contribution is -2.29. The molecule has 2 heterocycles. The van der Waals surface area contributed by atoms with Crippen LogP contribution in [-0.4, -0.2) is 12.6 Å². The van der Waals surface area contributed by atoms with Gasteiger partial charge in [-0.2, -0.15) is 0 Å². The lowest BCUT2D eigenvalue weighted by molar-refractivity contribution is 0.0897. The quantitative estimate of drug-likeness (QED) is 0.848. The second kappa shape index (κ2) is 5.23. The maximum atomic E-state index is 12.4. The van der Waals surface area contributed by atoms with E-state index in [-0.39, 0.29) is 23.6 Å². The van der Waals surface area contributed by atoms with Gasteiger partial charge in [-0.25, -0.2) is 4.79 Å². The van der Waals surface area contributed by atoms with Crippen molar-refractivity contribution >= 4 is 5.78 Å². The van der Waals surface area contributed by atoms with E-state index in [1.165, 1.54) is 0 Å². The molecule has 0 amide bonds. The molecule has 0 fully saturated rings. The van der Waals surface area contributed by atoms with E-state index in [1.807, 2.05) is 32.0 Å². The Morgan fingerprint density at radius 3 is 2.67 bits per heavy atom. The number of hydrogen-bond acceptors (Lipinski definition) is 5. The molecule has 2 aliphatic rings. The minimum Gasteiger partial charge on any atom is -0.454 e. The van der Waals surface area contributed by atoms with Gasteiger partial charge in [0, 0.05) is 24.8 Å². The van der Waals surface area contributed by atoms with Gasteiger partial charge < -0.3 is 13.9 Å². The molecule has 0 spiro atoms. The molecule has 24 heavy (non-hydrogen) atoms. The number of ketones is 1. The third-order valence-electron chi connectivity index (χ3n) is 4.51. The summed E-state index contributed by atoms with van der Waals surface area (Å²) in [6.45, 7) is 4.23. The molecule has 0 bridgehead atoms. The van der Waals surface area contributed by atoms with Gasteiger partial charge in [0.25, 0.3) is 0 Å². The maximum absolute atomic E-state index is 12.4. The van der Waals surface area contributed by atoms with Gasteiger partial charge in [0.15, 0.2) is 17.3 Å². The Hall–Kier alpha value is -2.56.